The molecule has 0 aliphatic carbocycles. The van der Waals surface area contributed by atoms with Gasteiger partial charge in [0.25, 0.3) is 0 Å². The van der Waals surface area contributed by atoms with E-state index in [9.17, 15) is 5.11 Å². The van der Waals surface area contributed by atoms with E-state index >= 15 is 0 Å². The lowest BCUT2D eigenvalue weighted by Gasteiger charge is -2.08. The van der Waals surface area contributed by atoms with Crippen LogP contribution in [0.15, 0.2) is 42.5 Å². The number of hydrogen-bond acceptors (Lipinski definition) is 3. The predicted octanol–water partition coefficient (Wildman–Crippen LogP) is 3.24. The van der Waals surface area contributed by atoms with E-state index in [4.69, 9.17) is 18.0 Å². The number of phenolic OH excluding ortho intramolecular Hbond substituents is 1. The molecule has 0 bridgehead atoms. The maximum absolute atomic E-state index is 9.62. The number of nitrogen functional groups attached to an aromatic ring is 1. The first kappa shape index (κ1) is 12.6. The van der Waals surface area contributed by atoms with Crippen molar-refractivity contribution in [1.29, 1.82) is 0 Å². The maximum Gasteiger partial charge on any atom is 0.141 e. The number of phenols is 1. The third kappa shape index (κ3) is 2.68. The molecule has 18 heavy (non-hydrogen) atoms. The number of aromatic hydroxyl groups is 1. The summed E-state index contributed by atoms with van der Waals surface area (Å²) in [5.74, 6) is 0.157. The third-order valence-corrected chi connectivity index (χ3v) is 3.23. The molecular formula is C15H15NOS. The molecule has 0 aromatic heterocycles. The van der Waals surface area contributed by atoms with Crippen molar-refractivity contribution in [3.05, 3.63) is 59.2 Å². The van der Waals surface area contributed by atoms with Crippen LogP contribution < -0.4 is 5.73 Å². The van der Waals surface area contributed by atoms with Crippen molar-refractivity contribution < 1.29 is 5.11 Å². The van der Waals surface area contributed by atoms with Gasteiger partial charge in [-0.1, -0.05) is 48.6 Å². The fourth-order valence-corrected chi connectivity index (χ4v) is 2.20. The molecule has 0 amide bonds. The number of aryl methyl sites for hydroxylation is 1. The number of nitrogens with two attached hydrogens (primary N) is 1. The fraction of sp³-hybridized carbons (Fsp3) is 0.133. The highest BCUT2D eigenvalue weighted by molar-refractivity contribution is 7.80. The molecule has 0 saturated heterocycles. The third-order valence-electron chi connectivity index (χ3n) is 2.85. The first-order valence-electron chi connectivity index (χ1n) is 5.74. The van der Waals surface area contributed by atoms with Crippen LogP contribution in [0.5, 0.6) is 5.75 Å². The Balaban J connectivity index is 2.23. The molecule has 0 heterocycles. The molecule has 0 aliphatic heterocycles. The van der Waals surface area contributed by atoms with Crippen molar-refractivity contribution in [2.24, 2.45) is 0 Å². The Morgan fingerprint density at radius 2 is 1.89 bits per heavy atom. The van der Waals surface area contributed by atoms with E-state index in [1.54, 1.807) is 6.07 Å². The van der Waals surface area contributed by atoms with Gasteiger partial charge in [0.15, 0.2) is 0 Å². The zero-order valence-corrected chi connectivity index (χ0v) is 11.0. The highest BCUT2D eigenvalue weighted by Crippen LogP contribution is 2.26. The van der Waals surface area contributed by atoms with E-state index in [-0.39, 0.29) is 5.75 Å². The summed E-state index contributed by atoms with van der Waals surface area (Å²) < 4.78 is 0. The molecule has 0 radical (unpaired) electrons. The average molecular weight is 257 g/mol. The molecule has 2 aromatic carbocycles. The Morgan fingerprint density at radius 1 is 1.22 bits per heavy atom. The van der Waals surface area contributed by atoms with Gasteiger partial charge in [-0.15, -0.1) is 0 Å². The van der Waals surface area contributed by atoms with Crippen molar-refractivity contribution >= 4 is 22.8 Å². The molecule has 0 atom stereocenters. The second kappa shape index (κ2) is 5.19. The molecule has 3 N–H and O–H groups in total. The van der Waals surface area contributed by atoms with Gasteiger partial charge in [-0.05, 0) is 29.7 Å². The smallest absolute Gasteiger partial charge is 0.141 e. The molecule has 0 fully saturated rings. The highest BCUT2D eigenvalue weighted by atomic mass is 32.1. The van der Waals surface area contributed by atoms with Crippen LogP contribution in [0.1, 0.15) is 16.7 Å². The molecular weight excluding hydrogens is 242 g/mol. The Morgan fingerprint density at radius 3 is 2.50 bits per heavy atom. The van der Waals surface area contributed by atoms with Crippen LogP contribution in [-0.2, 0) is 6.42 Å². The Kier molecular flexibility index (Phi) is 3.63. The normalized spacial score (nSPS) is 10.3. The van der Waals surface area contributed by atoms with Crippen molar-refractivity contribution in [2.45, 2.75) is 13.3 Å². The van der Waals surface area contributed by atoms with Gasteiger partial charge in [0, 0.05) is 11.3 Å². The standard InChI is InChI=1S/C15H15NOS/c1-10-7-11(8-13(16)15(10)17)9-14(18)12-5-3-2-4-6-12/h2-8,17H,9,16H2,1H3. The second-order valence-corrected chi connectivity index (χ2v) is 4.81. The lowest BCUT2D eigenvalue weighted by molar-refractivity contribution is 0.473. The number of thiocarbonyl (C=S) groups is 1. The summed E-state index contributed by atoms with van der Waals surface area (Å²) in [5, 5.41) is 9.62. The topological polar surface area (TPSA) is 46.2 Å². The molecule has 0 unspecified atom stereocenters. The van der Waals surface area contributed by atoms with Gasteiger partial charge in [-0.25, -0.2) is 0 Å². The van der Waals surface area contributed by atoms with Crippen molar-refractivity contribution in [2.75, 3.05) is 5.73 Å². The van der Waals surface area contributed by atoms with E-state index < -0.39 is 0 Å². The quantitative estimate of drug-likeness (QED) is 0.384. The largest absolute Gasteiger partial charge is 0.506 e. The number of benzene rings is 2. The molecule has 0 aliphatic rings. The lowest BCUT2D eigenvalue weighted by atomic mass is 10.0. The van der Waals surface area contributed by atoms with Gasteiger partial charge < -0.3 is 10.8 Å². The average Bonchev–Trinajstić information content (AvgIpc) is 2.37. The zero-order valence-electron chi connectivity index (χ0n) is 10.2. The summed E-state index contributed by atoms with van der Waals surface area (Å²) in [7, 11) is 0. The minimum absolute atomic E-state index is 0.157. The maximum atomic E-state index is 9.62. The van der Waals surface area contributed by atoms with E-state index in [2.05, 4.69) is 0 Å². The predicted molar refractivity (Wildman–Crippen MR) is 79.1 cm³/mol. The molecule has 2 aromatic rings. The highest BCUT2D eigenvalue weighted by Gasteiger charge is 2.07. The zero-order chi connectivity index (χ0) is 13.1. The summed E-state index contributed by atoms with van der Waals surface area (Å²) in [6.45, 7) is 1.83. The number of hydrogen-bond donors (Lipinski definition) is 2. The minimum Gasteiger partial charge on any atom is -0.506 e. The Bertz CT molecular complexity index is 555. The lowest BCUT2D eigenvalue weighted by Crippen LogP contribution is -2.03. The van der Waals surface area contributed by atoms with E-state index in [0.717, 1.165) is 21.6 Å². The first-order valence-corrected chi connectivity index (χ1v) is 6.15. The number of anilines is 1. The van der Waals surface area contributed by atoms with E-state index in [0.29, 0.717) is 12.1 Å². The summed E-state index contributed by atoms with van der Waals surface area (Å²) in [4.78, 5) is 0.875. The van der Waals surface area contributed by atoms with Crippen molar-refractivity contribution in [3.63, 3.8) is 0 Å². The van der Waals surface area contributed by atoms with Gasteiger partial charge in [-0.2, -0.15) is 0 Å². The summed E-state index contributed by atoms with van der Waals surface area (Å²) in [6, 6.07) is 13.6. The Labute approximate surface area is 112 Å². The SMILES string of the molecule is Cc1cc(CC(=S)c2ccccc2)cc(N)c1O. The van der Waals surface area contributed by atoms with Crippen LogP contribution in [0.3, 0.4) is 0 Å². The fourth-order valence-electron chi connectivity index (χ4n) is 1.90. The molecule has 92 valence electrons. The van der Waals surface area contributed by atoms with Crippen LogP contribution in [0.2, 0.25) is 0 Å². The second-order valence-electron chi connectivity index (χ2n) is 4.32. The van der Waals surface area contributed by atoms with Crippen LogP contribution in [0, 0.1) is 6.92 Å². The van der Waals surface area contributed by atoms with Crippen LogP contribution in [-0.4, -0.2) is 9.97 Å². The summed E-state index contributed by atoms with van der Waals surface area (Å²) >= 11 is 5.42. The Hall–Kier alpha value is -1.87. The van der Waals surface area contributed by atoms with E-state index in [1.165, 1.54) is 0 Å². The van der Waals surface area contributed by atoms with Gasteiger partial charge >= 0.3 is 0 Å². The summed E-state index contributed by atoms with van der Waals surface area (Å²) in [5.41, 5.74) is 9.00. The van der Waals surface area contributed by atoms with Gasteiger partial charge in [0.2, 0.25) is 0 Å². The summed E-state index contributed by atoms with van der Waals surface area (Å²) in [6.07, 6.45) is 0.657. The molecule has 0 saturated carbocycles. The van der Waals surface area contributed by atoms with Crippen molar-refractivity contribution in [3.8, 4) is 5.75 Å². The molecule has 3 heteroatoms. The molecule has 2 nitrogen and oxygen atoms in total. The van der Waals surface area contributed by atoms with Gasteiger partial charge in [-0.3, -0.25) is 0 Å². The van der Waals surface area contributed by atoms with E-state index in [1.807, 2.05) is 43.3 Å². The minimum atomic E-state index is 0.157. The van der Waals surface area contributed by atoms with Crippen LogP contribution in [0.25, 0.3) is 0 Å². The molecule has 2 rings (SSSR count). The van der Waals surface area contributed by atoms with Gasteiger partial charge in [0.1, 0.15) is 5.75 Å². The van der Waals surface area contributed by atoms with Crippen LogP contribution in [0.4, 0.5) is 5.69 Å². The van der Waals surface area contributed by atoms with Crippen LogP contribution >= 0.6 is 12.2 Å². The monoisotopic (exact) mass is 257 g/mol. The first-order chi connectivity index (χ1) is 8.58. The van der Waals surface area contributed by atoms with Crippen molar-refractivity contribution in [1.82, 2.24) is 0 Å². The number of rotatable bonds is 3. The van der Waals surface area contributed by atoms with Gasteiger partial charge in [0.05, 0.1) is 5.69 Å². The molecule has 0 spiro atoms.